The number of anilines is 1. The smallest absolute Gasteiger partial charge is 0.325 e. The number of para-hydroxylation sites is 1. The number of nitrogens with one attached hydrogen (secondary N) is 1. The lowest BCUT2D eigenvalue weighted by atomic mass is 9.87. The van der Waals surface area contributed by atoms with Crippen molar-refractivity contribution >= 4 is 23.5 Å². The minimum atomic E-state index is -1.15. The number of carbonyl (C=O) groups is 3. The lowest BCUT2D eigenvalue weighted by molar-refractivity contribution is -0.139. The van der Waals surface area contributed by atoms with Gasteiger partial charge in [-0.25, -0.2) is 9.18 Å². The number of amides is 4. The number of halogens is 1. The second kappa shape index (κ2) is 8.37. The highest BCUT2D eigenvalue weighted by molar-refractivity contribution is 6.09. The number of carbonyl (C=O) groups excluding carboxylic acids is 3. The molecule has 0 aliphatic carbocycles. The highest BCUT2D eigenvalue weighted by Gasteiger charge is 2.51. The largest absolute Gasteiger partial charge is 0.366 e. The van der Waals surface area contributed by atoms with E-state index in [1.165, 1.54) is 6.07 Å². The Balaban J connectivity index is 1.42. The van der Waals surface area contributed by atoms with Gasteiger partial charge in [0, 0.05) is 26.2 Å². The first-order chi connectivity index (χ1) is 15.0. The molecule has 2 fully saturated rings. The molecular formula is C23H25FN4O3. The fourth-order valence-electron chi connectivity index (χ4n) is 4.27. The summed E-state index contributed by atoms with van der Waals surface area (Å²) in [5, 5.41) is 2.79. The summed E-state index contributed by atoms with van der Waals surface area (Å²) in [7, 11) is 0. The van der Waals surface area contributed by atoms with Gasteiger partial charge >= 0.3 is 6.03 Å². The molecule has 0 saturated carbocycles. The molecule has 2 aliphatic rings. The van der Waals surface area contributed by atoms with Crippen LogP contribution in [-0.2, 0) is 15.1 Å². The maximum atomic E-state index is 14.0. The van der Waals surface area contributed by atoms with E-state index in [0.29, 0.717) is 43.9 Å². The van der Waals surface area contributed by atoms with Crippen molar-refractivity contribution in [3.05, 3.63) is 66.0 Å². The van der Waals surface area contributed by atoms with Crippen molar-refractivity contribution in [3.8, 4) is 0 Å². The molecule has 2 aromatic carbocycles. The van der Waals surface area contributed by atoms with E-state index in [2.05, 4.69) is 5.32 Å². The molecule has 0 radical (unpaired) electrons. The Morgan fingerprint density at radius 1 is 1.00 bits per heavy atom. The number of nitrogens with zero attached hydrogens (tertiary/aromatic N) is 3. The summed E-state index contributed by atoms with van der Waals surface area (Å²) in [6.07, 6.45) is 0.383. The quantitative estimate of drug-likeness (QED) is 0.748. The first kappa shape index (κ1) is 20.8. The van der Waals surface area contributed by atoms with Crippen molar-refractivity contribution in [1.29, 1.82) is 0 Å². The summed E-state index contributed by atoms with van der Waals surface area (Å²) in [4.78, 5) is 43.1. The van der Waals surface area contributed by atoms with E-state index < -0.39 is 17.5 Å². The molecule has 7 nitrogen and oxygen atoms in total. The summed E-state index contributed by atoms with van der Waals surface area (Å²) >= 11 is 0. The van der Waals surface area contributed by atoms with Gasteiger partial charge in [0.1, 0.15) is 17.9 Å². The van der Waals surface area contributed by atoms with Gasteiger partial charge in [0.05, 0.1) is 5.69 Å². The van der Waals surface area contributed by atoms with E-state index >= 15 is 0 Å². The van der Waals surface area contributed by atoms with E-state index in [1.54, 1.807) is 35.2 Å². The molecule has 4 rings (SSSR count). The van der Waals surface area contributed by atoms with Gasteiger partial charge in [-0.05, 0) is 24.1 Å². The van der Waals surface area contributed by atoms with Gasteiger partial charge in [-0.15, -0.1) is 0 Å². The number of rotatable bonds is 5. The molecule has 1 unspecified atom stereocenters. The molecule has 0 spiro atoms. The van der Waals surface area contributed by atoms with Crippen LogP contribution in [0.1, 0.15) is 18.9 Å². The fourth-order valence-corrected chi connectivity index (χ4v) is 4.27. The summed E-state index contributed by atoms with van der Waals surface area (Å²) < 4.78 is 14.0. The number of imide groups is 1. The molecule has 8 heteroatoms. The van der Waals surface area contributed by atoms with Crippen LogP contribution in [0.25, 0.3) is 0 Å². The van der Waals surface area contributed by atoms with Crippen molar-refractivity contribution in [2.45, 2.75) is 18.9 Å². The van der Waals surface area contributed by atoms with Crippen LogP contribution in [0.4, 0.5) is 14.9 Å². The number of benzene rings is 2. The first-order valence-electron chi connectivity index (χ1n) is 10.4. The van der Waals surface area contributed by atoms with Gasteiger partial charge in [0.15, 0.2) is 0 Å². The van der Waals surface area contributed by atoms with Crippen molar-refractivity contribution in [2.75, 3.05) is 37.6 Å². The Labute approximate surface area is 180 Å². The third kappa shape index (κ3) is 3.73. The van der Waals surface area contributed by atoms with Gasteiger partial charge in [0.25, 0.3) is 5.91 Å². The molecule has 31 heavy (non-hydrogen) atoms. The molecule has 1 atom stereocenters. The van der Waals surface area contributed by atoms with E-state index in [1.807, 2.05) is 30.0 Å². The van der Waals surface area contributed by atoms with Gasteiger partial charge in [-0.2, -0.15) is 0 Å². The standard InChI is InChI=1S/C23H25FN4O3/c1-2-23(17-8-4-3-5-9-17)21(30)28(22(31)25-23)16-20(29)27-14-12-26(13-15-27)19-11-7-6-10-18(19)24/h3-11H,2,12-16H2,1H3,(H,25,31). The number of urea groups is 1. The molecule has 2 saturated heterocycles. The molecule has 2 aromatic rings. The lowest BCUT2D eigenvalue weighted by Gasteiger charge is -2.36. The van der Waals surface area contributed by atoms with Crippen molar-refractivity contribution < 1.29 is 18.8 Å². The Morgan fingerprint density at radius 2 is 1.65 bits per heavy atom. The van der Waals surface area contributed by atoms with E-state index in [0.717, 1.165) is 4.90 Å². The zero-order valence-corrected chi connectivity index (χ0v) is 17.4. The summed E-state index contributed by atoms with van der Waals surface area (Å²) in [5.41, 5.74) is 0.0610. The third-order valence-electron chi connectivity index (χ3n) is 6.09. The Bertz CT molecular complexity index is 991. The second-order valence-corrected chi connectivity index (χ2v) is 7.77. The Kier molecular flexibility index (Phi) is 5.63. The number of hydrogen-bond acceptors (Lipinski definition) is 4. The zero-order valence-electron chi connectivity index (χ0n) is 17.4. The predicted molar refractivity (Wildman–Crippen MR) is 114 cm³/mol. The third-order valence-corrected chi connectivity index (χ3v) is 6.09. The van der Waals surface area contributed by atoms with Crippen LogP contribution in [0.5, 0.6) is 0 Å². The molecule has 0 bridgehead atoms. The second-order valence-electron chi connectivity index (χ2n) is 7.77. The summed E-state index contributed by atoms with van der Waals surface area (Å²) in [6, 6.07) is 15.1. The van der Waals surface area contributed by atoms with Gasteiger partial charge in [-0.1, -0.05) is 49.4 Å². The minimum absolute atomic E-state index is 0.293. The van der Waals surface area contributed by atoms with Gasteiger partial charge in [0.2, 0.25) is 5.91 Å². The predicted octanol–water partition coefficient (Wildman–Crippen LogP) is 2.33. The summed E-state index contributed by atoms with van der Waals surface area (Å²) in [5.74, 6) is -1.00. The van der Waals surface area contributed by atoms with Crippen molar-refractivity contribution in [3.63, 3.8) is 0 Å². The number of hydrogen-bond donors (Lipinski definition) is 1. The maximum Gasteiger partial charge on any atom is 0.325 e. The van der Waals surface area contributed by atoms with Crippen LogP contribution < -0.4 is 10.2 Å². The lowest BCUT2D eigenvalue weighted by Crippen LogP contribution is -2.52. The van der Waals surface area contributed by atoms with Crippen LogP contribution >= 0.6 is 0 Å². The summed E-state index contributed by atoms with van der Waals surface area (Å²) in [6.45, 7) is 3.28. The van der Waals surface area contributed by atoms with Crippen molar-refractivity contribution in [1.82, 2.24) is 15.1 Å². The van der Waals surface area contributed by atoms with Crippen LogP contribution in [0.2, 0.25) is 0 Å². The fraction of sp³-hybridized carbons (Fsp3) is 0.348. The van der Waals surface area contributed by atoms with Crippen LogP contribution in [-0.4, -0.2) is 60.4 Å². The van der Waals surface area contributed by atoms with Gasteiger partial charge < -0.3 is 15.1 Å². The topological polar surface area (TPSA) is 73.0 Å². The van der Waals surface area contributed by atoms with E-state index in [4.69, 9.17) is 0 Å². The van der Waals surface area contributed by atoms with E-state index in [9.17, 15) is 18.8 Å². The normalized spacial score (nSPS) is 21.4. The van der Waals surface area contributed by atoms with Crippen LogP contribution in [0.3, 0.4) is 0 Å². The highest BCUT2D eigenvalue weighted by atomic mass is 19.1. The molecule has 2 aliphatic heterocycles. The number of piperazine rings is 1. The molecule has 1 N–H and O–H groups in total. The Morgan fingerprint density at radius 3 is 2.29 bits per heavy atom. The SMILES string of the molecule is CCC1(c2ccccc2)NC(=O)N(CC(=O)N2CCN(c3ccccc3F)CC2)C1=O. The molecule has 162 valence electrons. The molecule has 0 aromatic heterocycles. The minimum Gasteiger partial charge on any atom is -0.366 e. The molecular weight excluding hydrogens is 399 g/mol. The average Bonchev–Trinajstić information content (AvgIpc) is 3.05. The van der Waals surface area contributed by atoms with Crippen molar-refractivity contribution in [2.24, 2.45) is 0 Å². The first-order valence-corrected chi connectivity index (χ1v) is 10.4. The highest BCUT2D eigenvalue weighted by Crippen LogP contribution is 2.32. The molecule has 2 heterocycles. The Hall–Kier alpha value is -3.42. The van der Waals surface area contributed by atoms with Crippen LogP contribution in [0, 0.1) is 5.82 Å². The van der Waals surface area contributed by atoms with E-state index in [-0.39, 0.29) is 18.3 Å². The van der Waals surface area contributed by atoms with Gasteiger partial charge in [-0.3, -0.25) is 14.5 Å². The monoisotopic (exact) mass is 424 g/mol. The average molecular weight is 424 g/mol. The molecule has 4 amide bonds. The zero-order chi connectivity index (χ0) is 22.0. The maximum absolute atomic E-state index is 14.0. The van der Waals surface area contributed by atoms with Crippen LogP contribution in [0.15, 0.2) is 54.6 Å².